The Balaban J connectivity index is 1.45. The summed E-state index contributed by atoms with van der Waals surface area (Å²) in [4.78, 5) is 24.0. The number of nitrogens with one attached hydrogen (secondary N) is 1. The highest BCUT2D eigenvalue weighted by molar-refractivity contribution is 8.18. The molecule has 3 heterocycles. The molecule has 1 aliphatic rings. The first kappa shape index (κ1) is 21.2. The summed E-state index contributed by atoms with van der Waals surface area (Å²) in [7, 11) is 3.61. The second kappa shape index (κ2) is 9.03. The van der Waals surface area contributed by atoms with Gasteiger partial charge in [0, 0.05) is 42.6 Å². The molecular formula is C26H24N4O2S. The number of aryl methyl sites for hydroxylation is 1. The Bertz CT molecular complexity index is 1360. The van der Waals surface area contributed by atoms with E-state index in [4.69, 9.17) is 9.73 Å². The minimum Gasteiger partial charge on any atom is -0.497 e. The van der Waals surface area contributed by atoms with Gasteiger partial charge in [0.2, 0.25) is 0 Å². The zero-order valence-corrected chi connectivity index (χ0v) is 19.3. The summed E-state index contributed by atoms with van der Waals surface area (Å²) in [5, 5.41) is 1.87. The van der Waals surface area contributed by atoms with Crippen LogP contribution < -0.4 is 4.74 Å². The number of carbonyl (C=O) groups excluding carboxylic acids is 1. The van der Waals surface area contributed by atoms with Gasteiger partial charge in [-0.15, -0.1) is 0 Å². The molecule has 1 aliphatic heterocycles. The van der Waals surface area contributed by atoms with Gasteiger partial charge < -0.3 is 14.3 Å². The van der Waals surface area contributed by atoms with Crippen LogP contribution in [0.3, 0.4) is 0 Å². The fourth-order valence-corrected chi connectivity index (χ4v) is 4.89. The number of ether oxygens (including phenoxy) is 1. The number of benzene rings is 2. The number of amides is 1. The van der Waals surface area contributed by atoms with Gasteiger partial charge in [-0.3, -0.25) is 9.69 Å². The van der Waals surface area contributed by atoms with Crippen molar-refractivity contribution in [1.29, 1.82) is 0 Å². The highest BCUT2D eigenvalue weighted by Crippen LogP contribution is 2.35. The normalized spacial score (nSPS) is 16.4. The van der Waals surface area contributed by atoms with Crippen LogP contribution in [-0.2, 0) is 18.3 Å². The van der Waals surface area contributed by atoms with Crippen LogP contribution in [0.4, 0.5) is 5.69 Å². The van der Waals surface area contributed by atoms with Crippen molar-refractivity contribution in [2.24, 2.45) is 12.0 Å². The average molecular weight is 457 g/mol. The standard InChI is InChI=1S/C26H24N4O2S/c1-29-14-5-6-20(29)16-24-25(31)30(15-13-18-17-27-23-8-4-3-7-22(18)23)26(33-24)28-19-9-11-21(32-2)12-10-19/h3-12,14,16-17,27H,13,15H2,1-2H3/b24-16-,28-26?. The van der Waals surface area contributed by atoms with Crippen LogP contribution in [-0.4, -0.2) is 39.2 Å². The molecule has 4 aromatic rings. The van der Waals surface area contributed by atoms with Crippen molar-refractivity contribution in [3.05, 3.63) is 89.2 Å². The van der Waals surface area contributed by atoms with E-state index in [1.165, 1.54) is 22.7 Å². The lowest BCUT2D eigenvalue weighted by Gasteiger charge is -2.15. The second-order valence-electron chi connectivity index (χ2n) is 7.81. The van der Waals surface area contributed by atoms with Gasteiger partial charge in [0.05, 0.1) is 17.7 Å². The number of aromatic nitrogens is 2. The van der Waals surface area contributed by atoms with Gasteiger partial charge in [-0.2, -0.15) is 0 Å². The molecule has 0 saturated carbocycles. The molecule has 0 bridgehead atoms. The largest absolute Gasteiger partial charge is 0.497 e. The topological polar surface area (TPSA) is 62.6 Å². The van der Waals surface area contributed by atoms with Crippen LogP contribution >= 0.6 is 11.8 Å². The monoisotopic (exact) mass is 456 g/mol. The summed E-state index contributed by atoms with van der Waals surface area (Å²) in [5.74, 6) is 0.753. The molecular weight excluding hydrogens is 432 g/mol. The molecule has 0 atom stereocenters. The van der Waals surface area contributed by atoms with E-state index in [1.54, 1.807) is 12.0 Å². The highest BCUT2D eigenvalue weighted by atomic mass is 32.2. The molecule has 1 saturated heterocycles. The van der Waals surface area contributed by atoms with Crippen molar-refractivity contribution in [3.8, 4) is 5.75 Å². The number of thioether (sulfide) groups is 1. The summed E-state index contributed by atoms with van der Waals surface area (Å²) in [6.07, 6.45) is 6.66. The number of carbonyl (C=O) groups is 1. The maximum atomic E-state index is 13.4. The Morgan fingerprint density at radius 2 is 1.91 bits per heavy atom. The maximum Gasteiger partial charge on any atom is 0.266 e. The van der Waals surface area contributed by atoms with Crippen molar-refractivity contribution >= 4 is 45.5 Å². The molecule has 0 aliphatic carbocycles. The molecule has 7 heteroatoms. The van der Waals surface area contributed by atoms with Crippen molar-refractivity contribution in [2.75, 3.05) is 13.7 Å². The lowest BCUT2D eigenvalue weighted by Crippen LogP contribution is -2.31. The second-order valence-corrected chi connectivity index (χ2v) is 8.82. The van der Waals surface area contributed by atoms with E-state index >= 15 is 0 Å². The average Bonchev–Trinajstić information content (AvgIpc) is 3.52. The Morgan fingerprint density at radius 3 is 2.67 bits per heavy atom. The first-order valence-corrected chi connectivity index (χ1v) is 11.5. The van der Waals surface area contributed by atoms with Gasteiger partial charge in [0.25, 0.3) is 5.91 Å². The number of hydrogen-bond donors (Lipinski definition) is 1. The van der Waals surface area contributed by atoms with Gasteiger partial charge in [-0.25, -0.2) is 4.99 Å². The molecule has 2 aromatic heterocycles. The molecule has 0 unspecified atom stereocenters. The van der Waals surface area contributed by atoms with Gasteiger partial charge in [0.15, 0.2) is 5.17 Å². The SMILES string of the molecule is COc1ccc(N=C2S/C(=C\c3cccn3C)C(=O)N2CCc2c[nH]c3ccccc23)cc1. The molecule has 1 amide bonds. The molecule has 2 aromatic carbocycles. The number of aliphatic imine (C=N–C) groups is 1. The number of aromatic amines is 1. The molecule has 1 N–H and O–H groups in total. The van der Waals surface area contributed by atoms with Gasteiger partial charge >= 0.3 is 0 Å². The molecule has 33 heavy (non-hydrogen) atoms. The number of methoxy groups -OCH3 is 1. The molecule has 6 nitrogen and oxygen atoms in total. The molecule has 5 rings (SSSR count). The van der Waals surface area contributed by atoms with Gasteiger partial charge in [0.1, 0.15) is 5.75 Å². The Labute approximate surface area is 196 Å². The lowest BCUT2D eigenvalue weighted by molar-refractivity contribution is -0.122. The minimum absolute atomic E-state index is 0.0201. The Kier molecular flexibility index (Phi) is 5.79. The molecule has 0 radical (unpaired) electrons. The molecule has 0 spiro atoms. The summed E-state index contributed by atoms with van der Waals surface area (Å²) in [6, 6.07) is 19.7. The van der Waals surface area contributed by atoms with Crippen LogP contribution in [0, 0.1) is 0 Å². The minimum atomic E-state index is -0.0201. The van der Waals surface area contributed by atoms with Gasteiger partial charge in [-0.05, 0) is 72.3 Å². The zero-order chi connectivity index (χ0) is 22.8. The van der Waals surface area contributed by atoms with E-state index in [0.29, 0.717) is 16.6 Å². The van der Waals surface area contributed by atoms with Crippen LogP contribution in [0.15, 0.2) is 83.0 Å². The number of fused-ring (bicyclic) bond motifs is 1. The first-order valence-electron chi connectivity index (χ1n) is 10.7. The van der Waals surface area contributed by atoms with Crippen molar-refractivity contribution in [2.45, 2.75) is 6.42 Å². The third kappa shape index (κ3) is 4.32. The number of rotatable bonds is 6. The Hall–Kier alpha value is -3.71. The van der Waals surface area contributed by atoms with Gasteiger partial charge in [-0.1, -0.05) is 18.2 Å². The highest BCUT2D eigenvalue weighted by Gasteiger charge is 2.33. The predicted molar refractivity (Wildman–Crippen MR) is 135 cm³/mol. The van der Waals surface area contributed by atoms with Crippen LogP contribution in [0.2, 0.25) is 0 Å². The number of amidine groups is 1. The number of H-pyrrole nitrogens is 1. The number of para-hydroxylation sites is 1. The van der Waals surface area contributed by atoms with E-state index in [9.17, 15) is 4.79 Å². The predicted octanol–water partition coefficient (Wildman–Crippen LogP) is 5.36. The number of hydrogen-bond acceptors (Lipinski definition) is 4. The van der Waals surface area contributed by atoms with Crippen LogP contribution in [0.1, 0.15) is 11.3 Å². The van der Waals surface area contributed by atoms with E-state index in [0.717, 1.165) is 29.1 Å². The van der Waals surface area contributed by atoms with Crippen molar-refractivity contribution in [3.63, 3.8) is 0 Å². The lowest BCUT2D eigenvalue weighted by atomic mass is 10.1. The van der Waals surface area contributed by atoms with E-state index in [-0.39, 0.29) is 5.91 Å². The fourth-order valence-electron chi connectivity index (χ4n) is 3.89. The summed E-state index contributed by atoms with van der Waals surface area (Å²) < 4.78 is 7.24. The number of nitrogens with zero attached hydrogens (tertiary/aromatic N) is 3. The quantitative estimate of drug-likeness (QED) is 0.397. The zero-order valence-electron chi connectivity index (χ0n) is 18.5. The summed E-state index contributed by atoms with van der Waals surface area (Å²) in [6.45, 7) is 0.549. The fraction of sp³-hybridized carbons (Fsp3) is 0.154. The summed E-state index contributed by atoms with van der Waals surface area (Å²) >= 11 is 1.41. The third-order valence-electron chi connectivity index (χ3n) is 5.73. The Morgan fingerprint density at radius 1 is 1.09 bits per heavy atom. The molecule has 166 valence electrons. The third-order valence-corrected chi connectivity index (χ3v) is 6.73. The van der Waals surface area contributed by atoms with E-state index < -0.39 is 0 Å². The van der Waals surface area contributed by atoms with Crippen LogP contribution in [0.5, 0.6) is 5.75 Å². The smallest absolute Gasteiger partial charge is 0.266 e. The summed E-state index contributed by atoms with van der Waals surface area (Å²) in [5.41, 5.74) is 4.05. The van der Waals surface area contributed by atoms with Crippen molar-refractivity contribution in [1.82, 2.24) is 14.5 Å². The van der Waals surface area contributed by atoms with Crippen molar-refractivity contribution < 1.29 is 9.53 Å². The maximum absolute atomic E-state index is 13.4. The van der Waals surface area contributed by atoms with E-state index in [1.807, 2.05) is 78.6 Å². The first-order chi connectivity index (χ1) is 16.1. The van der Waals surface area contributed by atoms with E-state index in [2.05, 4.69) is 17.1 Å². The molecule has 1 fully saturated rings. The van der Waals surface area contributed by atoms with Crippen LogP contribution in [0.25, 0.3) is 17.0 Å².